The highest BCUT2D eigenvalue weighted by atomic mass is 16.5. The van der Waals surface area contributed by atoms with Gasteiger partial charge in [-0.3, -0.25) is 0 Å². The van der Waals surface area contributed by atoms with E-state index in [4.69, 9.17) is 4.74 Å². The molecule has 2 aromatic rings. The Morgan fingerprint density at radius 3 is 2.86 bits per heavy atom. The molecule has 0 saturated heterocycles. The van der Waals surface area contributed by atoms with E-state index in [1.165, 1.54) is 11.1 Å². The van der Waals surface area contributed by atoms with E-state index in [1.807, 2.05) is 30.3 Å². The zero-order chi connectivity index (χ0) is 14.7. The number of ether oxygens (including phenoxy) is 1. The Morgan fingerprint density at radius 2 is 2.00 bits per heavy atom. The van der Waals surface area contributed by atoms with Crippen LogP contribution in [0.15, 0.2) is 48.5 Å². The molecule has 110 valence electrons. The first-order valence-corrected chi connectivity index (χ1v) is 7.79. The van der Waals surface area contributed by atoms with Crippen molar-refractivity contribution in [3.63, 3.8) is 0 Å². The second-order valence-electron chi connectivity index (χ2n) is 5.69. The minimum Gasteiger partial charge on any atom is -0.487 e. The molecule has 0 amide bonds. The largest absolute Gasteiger partial charge is 0.487 e. The predicted octanol–water partition coefficient (Wildman–Crippen LogP) is 4.07. The van der Waals surface area contributed by atoms with Gasteiger partial charge in [-0.1, -0.05) is 43.3 Å². The molecule has 2 heteroatoms. The van der Waals surface area contributed by atoms with Crippen LogP contribution in [0.4, 0.5) is 0 Å². The fraction of sp³-hybridized carbons (Fsp3) is 0.368. The number of aliphatic hydroxyl groups is 1. The summed E-state index contributed by atoms with van der Waals surface area (Å²) in [7, 11) is 0. The van der Waals surface area contributed by atoms with Crippen molar-refractivity contribution in [2.45, 2.75) is 44.8 Å². The van der Waals surface area contributed by atoms with Crippen LogP contribution < -0.4 is 4.74 Å². The molecule has 1 aliphatic carbocycles. The summed E-state index contributed by atoms with van der Waals surface area (Å²) in [5, 5.41) is 10.7. The molecular formula is C19H22O2. The summed E-state index contributed by atoms with van der Waals surface area (Å²) in [6.45, 7) is 2.13. The average Bonchev–Trinajstić information content (AvgIpc) is 2.68. The molecule has 0 fully saturated rings. The number of aliphatic hydroxyl groups excluding tert-OH is 1. The molecule has 2 unspecified atom stereocenters. The molecule has 2 aromatic carbocycles. The van der Waals surface area contributed by atoms with E-state index in [-0.39, 0.29) is 6.10 Å². The average molecular weight is 282 g/mol. The molecule has 1 aliphatic rings. The number of benzene rings is 2. The first kappa shape index (κ1) is 14.2. The van der Waals surface area contributed by atoms with Gasteiger partial charge < -0.3 is 9.84 Å². The SMILES string of the molecule is CCc1cccc(OC2CCCc3ccccc3C2O)c1. The normalized spacial score (nSPS) is 21.4. The van der Waals surface area contributed by atoms with Gasteiger partial charge in [0.25, 0.3) is 0 Å². The summed E-state index contributed by atoms with van der Waals surface area (Å²) >= 11 is 0. The monoisotopic (exact) mass is 282 g/mol. The second kappa shape index (κ2) is 6.31. The van der Waals surface area contributed by atoms with Crippen LogP contribution >= 0.6 is 0 Å². The lowest BCUT2D eigenvalue weighted by Crippen LogP contribution is -2.24. The molecule has 2 nitrogen and oxygen atoms in total. The molecular weight excluding hydrogens is 260 g/mol. The smallest absolute Gasteiger partial charge is 0.129 e. The van der Waals surface area contributed by atoms with E-state index < -0.39 is 6.10 Å². The molecule has 3 rings (SSSR count). The molecule has 0 aromatic heterocycles. The third-order valence-corrected chi connectivity index (χ3v) is 4.25. The lowest BCUT2D eigenvalue weighted by Gasteiger charge is -2.23. The quantitative estimate of drug-likeness (QED) is 0.860. The van der Waals surface area contributed by atoms with Gasteiger partial charge in [0.1, 0.15) is 18.0 Å². The zero-order valence-electron chi connectivity index (χ0n) is 12.5. The van der Waals surface area contributed by atoms with Crippen molar-refractivity contribution in [3.05, 3.63) is 65.2 Å². The van der Waals surface area contributed by atoms with Crippen LogP contribution in [-0.4, -0.2) is 11.2 Å². The van der Waals surface area contributed by atoms with E-state index in [2.05, 4.69) is 25.1 Å². The van der Waals surface area contributed by atoms with Crippen molar-refractivity contribution in [2.24, 2.45) is 0 Å². The maximum Gasteiger partial charge on any atom is 0.129 e. The highest BCUT2D eigenvalue weighted by Crippen LogP contribution is 2.31. The number of rotatable bonds is 3. The molecule has 1 N–H and O–H groups in total. The fourth-order valence-electron chi connectivity index (χ4n) is 3.04. The van der Waals surface area contributed by atoms with Gasteiger partial charge in [-0.2, -0.15) is 0 Å². The van der Waals surface area contributed by atoms with Crippen molar-refractivity contribution < 1.29 is 9.84 Å². The van der Waals surface area contributed by atoms with Gasteiger partial charge in [-0.15, -0.1) is 0 Å². The Bertz CT molecular complexity index is 606. The van der Waals surface area contributed by atoms with Crippen molar-refractivity contribution >= 4 is 0 Å². The Kier molecular flexibility index (Phi) is 4.26. The molecule has 0 radical (unpaired) electrons. The van der Waals surface area contributed by atoms with Gasteiger partial charge in [0.2, 0.25) is 0 Å². The Morgan fingerprint density at radius 1 is 1.14 bits per heavy atom. The lowest BCUT2D eigenvalue weighted by molar-refractivity contribution is 0.0321. The van der Waals surface area contributed by atoms with Crippen molar-refractivity contribution in [1.29, 1.82) is 0 Å². The molecule has 21 heavy (non-hydrogen) atoms. The number of hydrogen-bond acceptors (Lipinski definition) is 2. The third-order valence-electron chi connectivity index (χ3n) is 4.25. The Labute approximate surface area is 126 Å². The minimum atomic E-state index is -0.547. The highest BCUT2D eigenvalue weighted by Gasteiger charge is 2.27. The number of aryl methyl sites for hydroxylation is 2. The molecule has 0 bridgehead atoms. The topological polar surface area (TPSA) is 29.5 Å². The van der Waals surface area contributed by atoms with E-state index in [0.717, 1.165) is 37.0 Å². The third kappa shape index (κ3) is 3.11. The van der Waals surface area contributed by atoms with Gasteiger partial charge in [0.15, 0.2) is 0 Å². The highest BCUT2D eigenvalue weighted by molar-refractivity contribution is 5.32. The van der Waals surface area contributed by atoms with E-state index in [0.29, 0.717) is 0 Å². The minimum absolute atomic E-state index is 0.166. The van der Waals surface area contributed by atoms with E-state index in [1.54, 1.807) is 0 Å². The summed E-state index contributed by atoms with van der Waals surface area (Å²) in [6, 6.07) is 16.3. The van der Waals surface area contributed by atoms with Gasteiger partial charge in [-0.25, -0.2) is 0 Å². The van der Waals surface area contributed by atoms with Crippen LogP contribution in [-0.2, 0) is 12.8 Å². The Balaban J connectivity index is 1.82. The van der Waals surface area contributed by atoms with E-state index in [9.17, 15) is 5.11 Å². The molecule has 0 aliphatic heterocycles. The van der Waals surface area contributed by atoms with Gasteiger partial charge in [0, 0.05) is 0 Å². The zero-order valence-corrected chi connectivity index (χ0v) is 12.5. The lowest BCUT2D eigenvalue weighted by atomic mass is 10.0. The van der Waals surface area contributed by atoms with Crippen molar-refractivity contribution in [1.82, 2.24) is 0 Å². The van der Waals surface area contributed by atoms with Gasteiger partial charge >= 0.3 is 0 Å². The fourth-order valence-corrected chi connectivity index (χ4v) is 3.04. The van der Waals surface area contributed by atoms with Crippen LogP contribution in [0.25, 0.3) is 0 Å². The van der Waals surface area contributed by atoms with E-state index >= 15 is 0 Å². The number of hydrogen-bond donors (Lipinski definition) is 1. The summed E-state index contributed by atoms with van der Waals surface area (Å²) < 4.78 is 6.10. The molecule has 0 saturated carbocycles. The summed E-state index contributed by atoms with van der Waals surface area (Å²) in [4.78, 5) is 0. The van der Waals surface area contributed by atoms with Crippen molar-refractivity contribution in [2.75, 3.05) is 0 Å². The standard InChI is InChI=1S/C19H22O2/c1-2-14-7-5-10-16(13-14)21-18-12-6-9-15-8-3-4-11-17(15)19(18)20/h3-5,7-8,10-11,13,18-20H,2,6,9,12H2,1H3. The maximum absolute atomic E-state index is 10.7. The van der Waals surface area contributed by atoms with Gasteiger partial charge in [-0.05, 0) is 54.5 Å². The van der Waals surface area contributed by atoms with Gasteiger partial charge in [0.05, 0.1) is 0 Å². The first-order chi connectivity index (χ1) is 10.3. The van der Waals surface area contributed by atoms with Crippen LogP contribution in [0.5, 0.6) is 5.75 Å². The summed E-state index contributed by atoms with van der Waals surface area (Å²) in [5.74, 6) is 0.859. The molecule has 0 heterocycles. The summed E-state index contributed by atoms with van der Waals surface area (Å²) in [6.07, 6.45) is 3.23. The Hall–Kier alpha value is -1.80. The van der Waals surface area contributed by atoms with Crippen LogP contribution in [0, 0.1) is 0 Å². The second-order valence-corrected chi connectivity index (χ2v) is 5.69. The maximum atomic E-state index is 10.7. The van der Waals surface area contributed by atoms with Crippen LogP contribution in [0.3, 0.4) is 0 Å². The first-order valence-electron chi connectivity index (χ1n) is 7.79. The van der Waals surface area contributed by atoms with Crippen molar-refractivity contribution in [3.8, 4) is 5.75 Å². The van der Waals surface area contributed by atoms with Crippen LogP contribution in [0.2, 0.25) is 0 Å². The van der Waals surface area contributed by atoms with Crippen LogP contribution in [0.1, 0.15) is 42.6 Å². The molecule has 0 spiro atoms. The molecule has 2 atom stereocenters. The predicted molar refractivity (Wildman–Crippen MR) is 84.6 cm³/mol. The summed E-state index contributed by atoms with van der Waals surface area (Å²) in [5.41, 5.74) is 3.53. The number of fused-ring (bicyclic) bond motifs is 1.